The molecule has 1 N–H and O–H groups in total. The molecule has 0 aromatic heterocycles. The normalized spacial score (nSPS) is 15.8. The molecule has 0 spiro atoms. The van der Waals surface area contributed by atoms with Crippen molar-refractivity contribution in [2.24, 2.45) is 11.8 Å². The molecule has 0 saturated carbocycles. The highest BCUT2D eigenvalue weighted by Gasteiger charge is 2.19. The number of hydrogen-bond acceptors (Lipinski definition) is 2. The van der Waals surface area contributed by atoms with Crippen LogP contribution >= 0.6 is 0 Å². The van der Waals surface area contributed by atoms with Gasteiger partial charge in [-0.3, -0.25) is 4.55 Å². The summed E-state index contributed by atoms with van der Waals surface area (Å²) in [6, 6.07) is 0. The van der Waals surface area contributed by atoms with E-state index in [2.05, 4.69) is 20.8 Å². The molecule has 0 saturated heterocycles. The first-order chi connectivity index (χ1) is 7.92. The van der Waals surface area contributed by atoms with Crippen molar-refractivity contribution in [1.29, 1.82) is 0 Å². The minimum atomic E-state index is -3.82. The Morgan fingerprint density at radius 1 is 1.00 bits per heavy atom. The molecule has 0 bridgehead atoms. The summed E-state index contributed by atoms with van der Waals surface area (Å²) in [6.07, 6.45) is 7.48. The molecule has 104 valence electrons. The van der Waals surface area contributed by atoms with Crippen molar-refractivity contribution in [2.45, 2.75) is 65.7 Å². The molecule has 2 unspecified atom stereocenters. The molecule has 0 fully saturated rings. The first-order valence-corrected chi connectivity index (χ1v) is 8.48. The van der Waals surface area contributed by atoms with Crippen LogP contribution in [0.15, 0.2) is 0 Å². The lowest BCUT2D eigenvalue weighted by molar-refractivity contribution is 0.334. The maximum atomic E-state index is 11.0. The predicted molar refractivity (Wildman–Crippen MR) is 72.7 cm³/mol. The molecular formula is C13H28O3S. The number of hydrogen-bond donors (Lipinski definition) is 1. The van der Waals surface area contributed by atoms with Crippen molar-refractivity contribution >= 4 is 10.1 Å². The molecule has 0 amide bonds. The zero-order valence-corrected chi connectivity index (χ0v) is 12.3. The van der Waals surface area contributed by atoms with Crippen LogP contribution in [0.5, 0.6) is 0 Å². The second-order valence-corrected chi connectivity index (χ2v) is 6.55. The fraction of sp³-hybridized carbons (Fsp3) is 1.00. The molecule has 0 heterocycles. The van der Waals surface area contributed by atoms with Gasteiger partial charge in [0, 0.05) is 0 Å². The van der Waals surface area contributed by atoms with E-state index in [4.69, 9.17) is 4.55 Å². The topological polar surface area (TPSA) is 54.4 Å². The summed E-state index contributed by atoms with van der Waals surface area (Å²) in [5.41, 5.74) is 0. The molecule has 4 heteroatoms. The highest BCUT2D eigenvalue weighted by atomic mass is 32.2. The number of rotatable bonds is 10. The molecule has 0 aliphatic carbocycles. The van der Waals surface area contributed by atoms with Crippen molar-refractivity contribution in [3.63, 3.8) is 0 Å². The van der Waals surface area contributed by atoms with Crippen LogP contribution in [0.1, 0.15) is 65.7 Å². The van der Waals surface area contributed by atoms with Crippen molar-refractivity contribution in [3.8, 4) is 0 Å². The van der Waals surface area contributed by atoms with Gasteiger partial charge in [0.1, 0.15) is 0 Å². The van der Waals surface area contributed by atoms with E-state index in [1.807, 2.05) is 0 Å². The third-order valence-corrected chi connectivity index (χ3v) is 4.25. The lowest BCUT2D eigenvalue weighted by Gasteiger charge is -2.21. The van der Waals surface area contributed by atoms with Gasteiger partial charge in [0.05, 0.1) is 5.75 Å². The zero-order valence-electron chi connectivity index (χ0n) is 11.5. The van der Waals surface area contributed by atoms with E-state index in [-0.39, 0.29) is 11.7 Å². The molecule has 0 radical (unpaired) electrons. The SMILES string of the molecule is CCCCC(CC)CC(CCC)CS(=O)(=O)O. The Bertz CT molecular complexity index is 272. The van der Waals surface area contributed by atoms with E-state index in [0.29, 0.717) is 5.92 Å². The minimum absolute atomic E-state index is 0.0660. The quantitative estimate of drug-likeness (QED) is 0.609. The van der Waals surface area contributed by atoms with Crippen molar-refractivity contribution in [3.05, 3.63) is 0 Å². The lowest BCUT2D eigenvalue weighted by atomic mass is 9.87. The molecule has 0 rings (SSSR count). The Balaban J connectivity index is 4.29. The molecule has 3 nitrogen and oxygen atoms in total. The first-order valence-electron chi connectivity index (χ1n) is 6.88. The van der Waals surface area contributed by atoms with Gasteiger partial charge in [-0.05, 0) is 24.7 Å². The second-order valence-electron chi connectivity index (χ2n) is 5.06. The maximum absolute atomic E-state index is 11.0. The van der Waals surface area contributed by atoms with Gasteiger partial charge in [-0.15, -0.1) is 0 Å². The fourth-order valence-corrected chi connectivity index (χ4v) is 3.33. The predicted octanol–water partition coefficient (Wildman–Crippen LogP) is 3.90. The maximum Gasteiger partial charge on any atom is 0.265 e. The smallest absolute Gasteiger partial charge is 0.265 e. The van der Waals surface area contributed by atoms with Crippen LogP contribution in [0.4, 0.5) is 0 Å². The third-order valence-electron chi connectivity index (χ3n) is 3.35. The van der Waals surface area contributed by atoms with Crippen LogP contribution in [0.3, 0.4) is 0 Å². The van der Waals surface area contributed by atoms with Gasteiger partial charge in [0.2, 0.25) is 0 Å². The van der Waals surface area contributed by atoms with Crippen molar-refractivity contribution in [1.82, 2.24) is 0 Å². The van der Waals surface area contributed by atoms with E-state index >= 15 is 0 Å². The Morgan fingerprint density at radius 3 is 2.06 bits per heavy atom. The van der Waals surface area contributed by atoms with Crippen LogP contribution in [0.25, 0.3) is 0 Å². The average Bonchev–Trinajstić information content (AvgIpc) is 2.22. The van der Waals surface area contributed by atoms with Gasteiger partial charge in [0.25, 0.3) is 10.1 Å². The average molecular weight is 264 g/mol. The Kier molecular flexibility index (Phi) is 8.88. The Hall–Kier alpha value is -0.0900. The molecule has 0 aliphatic rings. The fourth-order valence-electron chi connectivity index (χ4n) is 2.43. The lowest BCUT2D eigenvalue weighted by Crippen LogP contribution is -2.18. The summed E-state index contributed by atoms with van der Waals surface area (Å²) in [4.78, 5) is 0. The van der Waals surface area contributed by atoms with E-state index in [9.17, 15) is 8.42 Å². The van der Waals surface area contributed by atoms with E-state index in [1.165, 1.54) is 19.3 Å². The van der Waals surface area contributed by atoms with Gasteiger partial charge in [-0.25, -0.2) is 0 Å². The molecule has 0 aromatic rings. The summed E-state index contributed by atoms with van der Waals surface area (Å²) in [6.45, 7) is 6.40. The summed E-state index contributed by atoms with van der Waals surface area (Å²) in [7, 11) is -3.82. The molecule has 0 aromatic carbocycles. The van der Waals surface area contributed by atoms with Gasteiger partial charge in [-0.1, -0.05) is 52.9 Å². The van der Waals surface area contributed by atoms with Gasteiger partial charge in [0.15, 0.2) is 0 Å². The molecule has 2 atom stereocenters. The minimum Gasteiger partial charge on any atom is -0.286 e. The summed E-state index contributed by atoms with van der Waals surface area (Å²) in [5.74, 6) is 0.661. The van der Waals surface area contributed by atoms with Gasteiger partial charge in [-0.2, -0.15) is 8.42 Å². The van der Waals surface area contributed by atoms with Crippen LogP contribution in [-0.4, -0.2) is 18.7 Å². The van der Waals surface area contributed by atoms with Crippen LogP contribution in [-0.2, 0) is 10.1 Å². The van der Waals surface area contributed by atoms with E-state index in [0.717, 1.165) is 25.7 Å². The highest BCUT2D eigenvalue weighted by Crippen LogP contribution is 2.25. The Labute approximate surface area is 107 Å². The monoisotopic (exact) mass is 264 g/mol. The van der Waals surface area contributed by atoms with Crippen LogP contribution in [0, 0.1) is 11.8 Å². The summed E-state index contributed by atoms with van der Waals surface area (Å²) >= 11 is 0. The zero-order chi connectivity index (χ0) is 13.3. The van der Waals surface area contributed by atoms with E-state index < -0.39 is 10.1 Å². The molecular weight excluding hydrogens is 236 g/mol. The molecule has 0 aliphatic heterocycles. The standard InChI is InChI=1S/C13H28O3S/c1-4-7-9-12(6-3)10-13(8-5-2)11-17(14,15)16/h12-13H,4-11H2,1-3H3,(H,14,15,16). The van der Waals surface area contributed by atoms with Crippen LogP contribution in [0.2, 0.25) is 0 Å². The van der Waals surface area contributed by atoms with Gasteiger partial charge >= 0.3 is 0 Å². The van der Waals surface area contributed by atoms with Crippen molar-refractivity contribution in [2.75, 3.05) is 5.75 Å². The molecule has 17 heavy (non-hydrogen) atoms. The van der Waals surface area contributed by atoms with Crippen LogP contribution < -0.4 is 0 Å². The first kappa shape index (κ1) is 16.9. The van der Waals surface area contributed by atoms with Gasteiger partial charge < -0.3 is 0 Å². The largest absolute Gasteiger partial charge is 0.286 e. The van der Waals surface area contributed by atoms with Crippen molar-refractivity contribution < 1.29 is 13.0 Å². The Morgan fingerprint density at radius 2 is 1.65 bits per heavy atom. The highest BCUT2D eigenvalue weighted by molar-refractivity contribution is 7.85. The summed E-state index contributed by atoms with van der Waals surface area (Å²) in [5, 5.41) is 0. The van der Waals surface area contributed by atoms with E-state index in [1.54, 1.807) is 0 Å². The third kappa shape index (κ3) is 9.60. The number of unbranched alkanes of at least 4 members (excludes halogenated alkanes) is 1. The summed E-state index contributed by atoms with van der Waals surface area (Å²) < 4.78 is 30.9. The second kappa shape index (κ2) is 8.92.